The van der Waals surface area contributed by atoms with E-state index < -0.39 is 0 Å². The molecule has 0 amide bonds. The van der Waals surface area contributed by atoms with Crippen molar-refractivity contribution in [2.75, 3.05) is 13.2 Å². The Morgan fingerprint density at radius 2 is 2.20 bits per heavy atom. The molecular weight excluding hydrogens is 193 g/mol. The Morgan fingerprint density at radius 3 is 2.80 bits per heavy atom. The normalized spacial score (nSPS) is 12.4. The van der Waals surface area contributed by atoms with Gasteiger partial charge in [-0.25, -0.2) is 4.39 Å². The summed E-state index contributed by atoms with van der Waals surface area (Å²) in [4.78, 5) is 0. The minimum atomic E-state index is -0.227. The number of nitrogens with one attached hydrogen (secondary N) is 1. The van der Waals surface area contributed by atoms with E-state index in [1.54, 1.807) is 24.3 Å². The molecule has 0 radical (unpaired) electrons. The van der Waals surface area contributed by atoms with Crippen molar-refractivity contribution in [3.63, 3.8) is 0 Å². The summed E-state index contributed by atoms with van der Waals surface area (Å²) >= 11 is 0. The van der Waals surface area contributed by atoms with Gasteiger partial charge in [0.1, 0.15) is 5.82 Å². The first-order valence-corrected chi connectivity index (χ1v) is 4.99. The Labute approximate surface area is 89.4 Å². The molecule has 0 aliphatic heterocycles. The molecular formula is C12H16FNO. The van der Waals surface area contributed by atoms with Crippen molar-refractivity contribution in [1.29, 1.82) is 0 Å². The number of aliphatic hydroxyl groups excluding tert-OH is 1. The maximum absolute atomic E-state index is 13.5. The molecule has 15 heavy (non-hydrogen) atoms. The van der Waals surface area contributed by atoms with E-state index in [-0.39, 0.29) is 18.5 Å². The van der Waals surface area contributed by atoms with E-state index in [2.05, 4.69) is 11.9 Å². The highest BCUT2D eigenvalue weighted by Crippen LogP contribution is 2.19. The molecule has 0 aliphatic rings. The number of benzene rings is 1. The van der Waals surface area contributed by atoms with Gasteiger partial charge >= 0.3 is 0 Å². The molecule has 0 aliphatic carbocycles. The van der Waals surface area contributed by atoms with Gasteiger partial charge in [-0.3, -0.25) is 0 Å². The van der Waals surface area contributed by atoms with Crippen LogP contribution in [0.3, 0.4) is 0 Å². The van der Waals surface area contributed by atoms with Crippen molar-refractivity contribution in [1.82, 2.24) is 5.32 Å². The highest BCUT2D eigenvalue weighted by Gasteiger charge is 2.12. The summed E-state index contributed by atoms with van der Waals surface area (Å²) in [5.74, 6) is -0.227. The van der Waals surface area contributed by atoms with E-state index in [1.165, 1.54) is 6.07 Å². The molecule has 0 fully saturated rings. The summed E-state index contributed by atoms with van der Waals surface area (Å²) < 4.78 is 13.5. The van der Waals surface area contributed by atoms with Crippen molar-refractivity contribution >= 4 is 0 Å². The van der Waals surface area contributed by atoms with Crippen molar-refractivity contribution in [2.24, 2.45) is 0 Å². The number of hydrogen-bond acceptors (Lipinski definition) is 2. The number of halogens is 1. The highest BCUT2D eigenvalue weighted by atomic mass is 19.1. The van der Waals surface area contributed by atoms with Crippen LogP contribution in [-0.2, 0) is 0 Å². The van der Waals surface area contributed by atoms with Gasteiger partial charge in [0.25, 0.3) is 0 Å². The lowest BCUT2D eigenvalue weighted by atomic mass is 10.0. The van der Waals surface area contributed by atoms with E-state index in [1.807, 2.05) is 0 Å². The molecule has 0 bridgehead atoms. The molecule has 1 aromatic rings. The standard InChI is InChI=1S/C12H16FNO/c1-2-5-12(14-8-9-15)10-6-3-4-7-11(10)13/h2-4,6-7,12,14-15H,1,5,8-9H2. The van der Waals surface area contributed by atoms with Crippen LogP contribution in [0.1, 0.15) is 18.0 Å². The van der Waals surface area contributed by atoms with Crippen molar-refractivity contribution < 1.29 is 9.50 Å². The fourth-order valence-electron chi connectivity index (χ4n) is 1.48. The molecule has 0 heterocycles. The van der Waals surface area contributed by atoms with Gasteiger partial charge in [0.15, 0.2) is 0 Å². The van der Waals surface area contributed by atoms with E-state index in [4.69, 9.17) is 5.11 Å². The van der Waals surface area contributed by atoms with Gasteiger partial charge in [-0.05, 0) is 12.5 Å². The summed E-state index contributed by atoms with van der Waals surface area (Å²) in [6.45, 7) is 4.13. The summed E-state index contributed by atoms with van der Waals surface area (Å²) in [6.07, 6.45) is 2.38. The van der Waals surface area contributed by atoms with Crippen LogP contribution >= 0.6 is 0 Å². The second kappa shape index (κ2) is 6.32. The number of hydrogen-bond donors (Lipinski definition) is 2. The minimum absolute atomic E-state index is 0.0437. The smallest absolute Gasteiger partial charge is 0.127 e. The van der Waals surface area contributed by atoms with E-state index in [0.29, 0.717) is 18.5 Å². The molecule has 0 saturated heterocycles. The maximum Gasteiger partial charge on any atom is 0.127 e. The predicted octanol–water partition coefficient (Wildman–Crippen LogP) is 2.02. The first-order valence-electron chi connectivity index (χ1n) is 4.99. The van der Waals surface area contributed by atoms with Crippen LogP contribution < -0.4 is 5.32 Å². The van der Waals surface area contributed by atoms with Crippen molar-refractivity contribution in [2.45, 2.75) is 12.5 Å². The van der Waals surface area contributed by atoms with Crippen LogP contribution in [0, 0.1) is 5.82 Å². The lowest BCUT2D eigenvalue weighted by Gasteiger charge is -2.17. The summed E-state index contributed by atoms with van der Waals surface area (Å²) in [6, 6.07) is 6.53. The molecule has 2 nitrogen and oxygen atoms in total. The Bertz CT molecular complexity index is 314. The quantitative estimate of drug-likeness (QED) is 0.702. The first kappa shape index (κ1) is 11.9. The van der Waals surface area contributed by atoms with Crippen LogP contribution in [-0.4, -0.2) is 18.3 Å². The molecule has 82 valence electrons. The summed E-state index contributed by atoms with van der Waals surface area (Å²) in [7, 11) is 0. The predicted molar refractivity (Wildman–Crippen MR) is 59.0 cm³/mol. The first-order chi connectivity index (χ1) is 7.29. The van der Waals surface area contributed by atoms with Gasteiger partial charge in [0, 0.05) is 18.2 Å². The Balaban J connectivity index is 2.78. The molecule has 0 spiro atoms. The van der Waals surface area contributed by atoms with Crippen molar-refractivity contribution in [3.8, 4) is 0 Å². The largest absolute Gasteiger partial charge is 0.395 e. The molecule has 0 saturated carbocycles. The molecule has 1 rings (SSSR count). The van der Waals surface area contributed by atoms with Crippen LogP contribution in [0.15, 0.2) is 36.9 Å². The topological polar surface area (TPSA) is 32.3 Å². The van der Waals surface area contributed by atoms with Crippen molar-refractivity contribution in [3.05, 3.63) is 48.3 Å². The van der Waals surface area contributed by atoms with E-state index in [9.17, 15) is 4.39 Å². The van der Waals surface area contributed by atoms with Crippen LogP contribution in [0.5, 0.6) is 0 Å². The summed E-state index contributed by atoms with van der Waals surface area (Å²) in [5.41, 5.74) is 0.617. The molecule has 1 unspecified atom stereocenters. The zero-order valence-electron chi connectivity index (χ0n) is 8.62. The molecule has 0 aromatic heterocycles. The third-order valence-corrected chi connectivity index (χ3v) is 2.19. The van der Waals surface area contributed by atoms with Gasteiger partial charge in [-0.1, -0.05) is 24.3 Å². The Kier molecular flexibility index (Phi) is 5.01. The monoisotopic (exact) mass is 209 g/mol. The van der Waals surface area contributed by atoms with E-state index in [0.717, 1.165) is 0 Å². The number of rotatable bonds is 6. The van der Waals surface area contributed by atoms with Gasteiger partial charge in [0.2, 0.25) is 0 Å². The van der Waals surface area contributed by atoms with Gasteiger partial charge in [-0.2, -0.15) is 0 Å². The van der Waals surface area contributed by atoms with Crippen LogP contribution in [0.2, 0.25) is 0 Å². The average Bonchev–Trinajstić information content (AvgIpc) is 2.25. The zero-order valence-corrected chi connectivity index (χ0v) is 8.62. The van der Waals surface area contributed by atoms with Gasteiger partial charge in [0.05, 0.1) is 6.61 Å². The average molecular weight is 209 g/mol. The lowest BCUT2D eigenvalue weighted by molar-refractivity contribution is 0.283. The second-order valence-corrected chi connectivity index (χ2v) is 3.28. The number of aliphatic hydroxyl groups is 1. The molecule has 3 heteroatoms. The van der Waals surface area contributed by atoms with Crippen LogP contribution in [0.25, 0.3) is 0 Å². The SMILES string of the molecule is C=CCC(NCCO)c1ccccc1F. The lowest BCUT2D eigenvalue weighted by Crippen LogP contribution is -2.24. The van der Waals surface area contributed by atoms with E-state index >= 15 is 0 Å². The summed E-state index contributed by atoms with van der Waals surface area (Å²) in [5, 5.41) is 11.8. The third kappa shape index (κ3) is 3.46. The second-order valence-electron chi connectivity index (χ2n) is 3.28. The fourth-order valence-corrected chi connectivity index (χ4v) is 1.48. The fraction of sp³-hybridized carbons (Fsp3) is 0.333. The van der Waals surface area contributed by atoms with Gasteiger partial charge < -0.3 is 10.4 Å². The third-order valence-electron chi connectivity index (χ3n) is 2.19. The van der Waals surface area contributed by atoms with Gasteiger partial charge in [-0.15, -0.1) is 6.58 Å². The molecule has 2 N–H and O–H groups in total. The minimum Gasteiger partial charge on any atom is -0.395 e. The Morgan fingerprint density at radius 1 is 1.47 bits per heavy atom. The highest BCUT2D eigenvalue weighted by molar-refractivity contribution is 5.21. The molecule has 1 aromatic carbocycles. The Hall–Kier alpha value is -1.19. The van der Waals surface area contributed by atoms with Crippen LogP contribution in [0.4, 0.5) is 4.39 Å². The zero-order chi connectivity index (χ0) is 11.1. The maximum atomic E-state index is 13.5. The molecule has 1 atom stereocenters.